The molecule has 0 saturated heterocycles. The van der Waals surface area contributed by atoms with Crippen LogP contribution >= 0.6 is 0 Å². The molecule has 2 heterocycles. The fourth-order valence-electron chi connectivity index (χ4n) is 3.44. The fraction of sp³-hybridized carbons (Fsp3) is 0.174. The molecular formula is C23H17F4N3O4. The first-order valence-corrected chi connectivity index (χ1v) is 9.95. The largest absolute Gasteiger partial charge is 0.573 e. The van der Waals surface area contributed by atoms with E-state index in [0.29, 0.717) is 22.7 Å². The Balaban J connectivity index is 1.67. The van der Waals surface area contributed by atoms with E-state index in [0.717, 1.165) is 12.1 Å². The monoisotopic (exact) mass is 475 g/mol. The summed E-state index contributed by atoms with van der Waals surface area (Å²) in [6.45, 7) is 1.54. The minimum Gasteiger partial charge on any atom is -0.482 e. The van der Waals surface area contributed by atoms with Gasteiger partial charge in [-0.25, -0.2) is 4.39 Å². The average Bonchev–Trinajstić information content (AvgIpc) is 2.78. The van der Waals surface area contributed by atoms with Crippen LogP contribution < -0.4 is 20.1 Å². The van der Waals surface area contributed by atoms with E-state index in [9.17, 15) is 27.2 Å². The Kier molecular flexibility index (Phi) is 6.10. The van der Waals surface area contributed by atoms with Crippen molar-refractivity contribution < 1.29 is 36.6 Å². The van der Waals surface area contributed by atoms with Gasteiger partial charge >= 0.3 is 6.36 Å². The molecule has 176 valence electrons. The van der Waals surface area contributed by atoms with Crippen LogP contribution in [0, 0.1) is 12.7 Å². The molecule has 0 unspecified atom stereocenters. The number of carbonyl (C=O) groups is 2. The first-order valence-electron chi connectivity index (χ1n) is 9.95. The molecule has 1 aliphatic rings. The van der Waals surface area contributed by atoms with Crippen molar-refractivity contribution in [2.24, 2.45) is 0 Å². The van der Waals surface area contributed by atoms with Crippen molar-refractivity contribution in [3.8, 4) is 11.5 Å². The Morgan fingerprint density at radius 1 is 1.21 bits per heavy atom. The molecule has 7 nitrogen and oxygen atoms in total. The van der Waals surface area contributed by atoms with Gasteiger partial charge in [-0.1, -0.05) is 12.1 Å². The third-order valence-electron chi connectivity index (χ3n) is 4.99. The van der Waals surface area contributed by atoms with Crippen molar-refractivity contribution in [3.63, 3.8) is 0 Å². The van der Waals surface area contributed by atoms with Gasteiger partial charge < -0.3 is 20.1 Å². The second-order valence-electron chi connectivity index (χ2n) is 7.40. The molecule has 34 heavy (non-hydrogen) atoms. The van der Waals surface area contributed by atoms with Gasteiger partial charge in [-0.3, -0.25) is 14.6 Å². The summed E-state index contributed by atoms with van der Waals surface area (Å²) in [7, 11) is 0. The maximum Gasteiger partial charge on any atom is 0.573 e. The third-order valence-corrected chi connectivity index (χ3v) is 4.99. The van der Waals surface area contributed by atoms with Crippen molar-refractivity contribution in [1.82, 2.24) is 10.3 Å². The molecule has 1 atom stereocenters. The number of nitrogens with zero attached hydrogens (tertiary/aromatic N) is 1. The zero-order valence-electron chi connectivity index (χ0n) is 17.6. The number of halogens is 4. The zero-order chi connectivity index (χ0) is 24.5. The quantitative estimate of drug-likeness (QED) is 0.538. The van der Waals surface area contributed by atoms with Gasteiger partial charge in [0.25, 0.3) is 11.8 Å². The van der Waals surface area contributed by atoms with Crippen molar-refractivity contribution >= 4 is 17.5 Å². The van der Waals surface area contributed by atoms with Crippen LogP contribution in [0.1, 0.15) is 33.2 Å². The van der Waals surface area contributed by atoms with Crippen LogP contribution in [0.15, 0.2) is 54.7 Å². The standard InChI is InChI=1S/C23H17F4N3O4/c1-12-3-2-8-28-20(12)21(13-5-7-17(15(24)9-13)34-23(25,26)27)30-22(32)14-4-6-16-18(10-14)33-11-19(31)29-16/h2-10,21H,11H2,1H3,(H,29,31)(H,30,32)/t21-/m0/s1. The Morgan fingerprint density at radius 3 is 2.71 bits per heavy atom. The summed E-state index contributed by atoms with van der Waals surface area (Å²) in [6.07, 6.45) is -3.57. The lowest BCUT2D eigenvalue weighted by molar-refractivity contribution is -0.275. The predicted octanol–water partition coefficient (Wildman–Crippen LogP) is 4.28. The molecule has 0 fully saturated rings. The van der Waals surface area contributed by atoms with Gasteiger partial charge in [-0.2, -0.15) is 0 Å². The number of rotatable bonds is 5. The van der Waals surface area contributed by atoms with Gasteiger partial charge in [0, 0.05) is 11.8 Å². The number of anilines is 1. The van der Waals surface area contributed by atoms with Gasteiger partial charge in [0.2, 0.25) is 0 Å². The van der Waals surface area contributed by atoms with Crippen molar-refractivity contribution in [3.05, 3.63) is 82.9 Å². The summed E-state index contributed by atoms with van der Waals surface area (Å²) in [5.41, 5.74) is 1.79. The number of aromatic nitrogens is 1. The molecule has 0 aliphatic carbocycles. The highest BCUT2D eigenvalue weighted by Gasteiger charge is 2.33. The molecule has 2 N–H and O–H groups in total. The average molecular weight is 475 g/mol. The predicted molar refractivity (Wildman–Crippen MR) is 112 cm³/mol. The highest BCUT2D eigenvalue weighted by molar-refractivity contribution is 5.99. The molecule has 0 spiro atoms. The SMILES string of the molecule is Cc1cccnc1[C@@H](NC(=O)c1ccc2c(c1)OCC(=O)N2)c1ccc(OC(F)(F)F)c(F)c1. The van der Waals surface area contributed by atoms with Gasteiger partial charge in [0.15, 0.2) is 18.2 Å². The number of ether oxygens (including phenoxy) is 2. The lowest BCUT2D eigenvalue weighted by atomic mass is 9.99. The minimum absolute atomic E-state index is 0.156. The molecule has 4 rings (SSSR count). The van der Waals surface area contributed by atoms with Crippen LogP contribution in [0.4, 0.5) is 23.2 Å². The molecule has 0 saturated carbocycles. The molecule has 11 heteroatoms. The summed E-state index contributed by atoms with van der Waals surface area (Å²) in [6, 6.07) is 9.73. The Labute approximate surface area is 190 Å². The lowest BCUT2D eigenvalue weighted by Gasteiger charge is -2.22. The Hall–Kier alpha value is -4.15. The molecule has 2 amide bonds. The molecule has 0 bridgehead atoms. The number of benzene rings is 2. The molecular weight excluding hydrogens is 458 g/mol. The number of aryl methyl sites for hydroxylation is 1. The number of pyridine rings is 1. The first kappa shape index (κ1) is 23.0. The normalized spacial score (nSPS) is 13.9. The summed E-state index contributed by atoms with van der Waals surface area (Å²) < 4.78 is 61.0. The van der Waals surface area contributed by atoms with Crippen LogP contribution in [0.5, 0.6) is 11.5 Å². The van der Waals surface area contributed by atoms with Gasteiger partial charge in [-0.15, -0.1) is 13.2 Å². The van der Waals surface area contributed by atoms with Crippen LogP contribution in [0.3, 0.4) is 0 Å². The van der Waals surface area contributed by atoms with Gasteiger partial charge in [0.1, 0.15) is 5.75 Å². The number of nitrogens with one attached hydrogen (secondary N) is 2. The van der Waals surface area contributed by atoms with E-state index in [-0.39, 0.29) is 23.6 Å². The van der Waals surface area contributed by atoms with E-state index in [1.807, 2.05) is 0 Å². The molecule has 1 aromatic heterocycles. The van der Waals surface area contributed by atoms with Crippen LogP contribution in [-0.4, -0.2) is 29.8 Å². The maximum atomic E-state index is 14.4. The minimum atomic E-state index is -5.05. The summed E-state index contributed by atoms with van der Waals surface area (Å²) in [5.74, 6) is -2.84. The lowest BCUT2D eigenvalue weighted by Crippen LogP contribution is -2.31. The molecule has 1 aliphatic heterocycles. The summed E-state index contributed by atoms with van der Waals surface area (Å²) >= 11 is 0. The molecule has 0 radical (unpaired) electrons. The smallest absolute Gasteiger partial charge is 0.482 e. The fourth-order valence-corrected chi connectivity index (χ4v) is 3.44. The van der Waals surface area contributed by atoms with Gasteiger partial charge in [0.05, 0.1) is 17.4 Å². The van der Waals surface area contributed by atoms with E-state index in [1.165, 1.54) is 30.5 Å². The van der Waals surface area contributed by atoms with E-state index >= 15 is 0 Å². The number of amides is 2. The highest BCUT2D eigenvalue weighted by Crippen LogP contribution is 2.32. The topological polar surface area (TPSA) is 89.5 Å². The molecule has 2 aromatic carbocycles. The van der Waals surface area contributed by atoms with Crippen LogP contribution in [-0.2, 0) is 4.79 Å². The van der Waals surface area contributed by atoms with Crippen molar-refractivity contribution in [2.45, 2.75) is 19.3 Å². The highest BCUT2D eigenvalue weighted by atomic mass is 19.4. The molecule has 3 aromatic rings. The summed E-state index contributed by atoms with van der Waals surface area (Å²) in [4.78, 5) is 28.8. The van der Waals surface area contributed by atoms with Crippen molar-refractivity contribution in [1.29, 1.82) is 0 Å². The number of alkyl halides is 3. The Morgan fingerprint density at radius 2 is 2.00 bits per heavy atom. The summed E-state index contributed by atoms with van der Waals surface area (Å²) in [5, 5.41) is 5.36. The Bertz CT molecular complexity index is 1260. The second-order valence-corrected chi connectivity index (χ2v) is 7.40. The van der Waals surface area contributed by atoms with E-state index < -0.39 is 29.9 Å². The van der Waals surface area contributed by atoms with E-state index in [1.54, 1.807) is 19.1 Å². The number of hydrogen-bond acceptors (Lipinski definition) is 5. The number of fused-ring (bicyclic) bond motifs is 1. The maximum absolute atomic E-state index is 14.4. The number of hydrogen-bond donors (Lipinski definition) is 2. The van der Waals surface area contributed by atoms with Crippen molar-refractivity contribution in [2.75, 3.05) is 11.9 Å². The van der Waals surface area contributed by atoms with Crippen LogP contribution in [0.2, 0.25) is 0 Å². The zero-order valence-corrected chi connectivity index (χ0v) is 17.6. The second kappa shape index (κ2) is 9.00. The van der Waals surface area contributed by atoms with Gasteiger partial charge in [-0.05, 0) is 54.4 Å². The number of carbonyl (C=O) groups excluding carboxylic acids is 2. The van der Waals surface area contributed by atoms with E-state index in [4.69, 9.17) is 4.74 Å². The first-order chi connectivity index (χ1) is 16.1. The third kappa shape index (κ3) is 5.08. The van der Waals surface area contributed by atoms with Crippen LogP contribution in [0.25, 0.3) is 0 Å². The van der Waals surface area contributed by atoms with E-state index in [2.05, 4.69) is 20.4 Å².